The summed E-state index contributed by atoms with van der Waals surface area (Å²) in [5.74, 6) is 0.192. The number of nitrogens with zero attached hydrogens (tertiary/aromatic N) is 3. The van der Waals surface area contributed by atoms with Gasteiger partial charge in [-0.2, -0.15) is 0 Å². The number of aromatic nitrogens is 1. The predicted octanol–water partition coefficient (Wildman–Crippen LogP) is 1.47. The molecule has 1 fully saturated rings. The zero-order chi connectivity index (χ0) is 14.9. The molecular formula is C16H18N4OS. The molecule has 0 bridgehead atoms. The van der Waals surface area contributed by atoms with E-state index < -0.39 is 0 Å². The van der Waals surface area contributed by atoms with Gasteiger partial charge >= 0.3 is 0 Å². The second kappa shape index (κ2) is 5.70. The smallest absolute Gasteiger partial charge is 0.243 e. The van der Waals surface area contributed by atoms with Crippen LogP contribution in [0, 0.1) is 0 Å². The molecule has 4 rings (SSSR count). The minimum absolute atomic E-state index is 0.131. The molecule has 3 heterocycles. The third-order valence-electron chi connectivity index (χ3n) is 4.19. The van der Waals surface area contributed by atoms with Gasteiger partial charge in [-0.15, -0.1) is 0 Å². The number of carbonyl (C=O) groups is 1. The van der Waals surface area contributed by atoms with Crippen LogP contribution < -0.4 is 10.2 Å². The number of piperazine rings is 1. The first-order valence-corrected chi connectivity index (χ1v) is 8.42. The monoisotopic (exact) mass is 314 g/mol. The van der Waals surface area contributed by atoms with Gasteiger partial charge in [-0.1, -0.05) is 35.6 Å². The van der Waals surface area contributed by atoms with Crippen molar-refractivity contribution in [3.05, 3.63) is 36.4 Å². The summed E-state index contributed by atoms with van der Waals surface area (Å²) in [5.41, 5.74) is 1.06. The van der Waals surface area contributed by atoms with Gasteiger partial charge < -0.3 is 9.80 Å². The van der Waals surface area contributed by atoms with Crippen LogP contribution in [0.1, 0.15) is 0 Å². The molecule has 0 saturated carbocycles. The molecule has 2 aromatic rings. The van der Waals surface area contributed by atoms with E-state index in [1.54, 1.807) is 11.3 Å². The molecule has 0 spiro atoms. The lowest BCUT2D eigenvalue weighted by Gasteiger charge is -2.35. The standard InChI is InChI=1S/C16H18N4OS/c21-15(13-5-3-7-17-13)19-8-10-20(11-9-19)16-18-12-4-1-2-6-14(12)22-16/h1-6,13,17H,7-11H2. The van der Waals surface area contributed by atoms with E-state index in [-0.39, 0.29) is 11.9 Å². The number of carbonyl (C=O) groups excluding carboxylic acids is 1. The normalized spacial score (nSPS) is 21.7. The van der Waals surface area contributed by atoms with Gasteiger partial charge in [0.15, 0.2) is 5.13 Å². The average Bonchev–Trinajstić information content (AvgIpc) is 3.23. The van der Waals surface area contributed by atoms with Crippen molar-refractivity contribution in [2.24, 2.45) is 0 Å². The molecule has 1 saturated heterocycles. The van der Waals surface area contributed by atoms with Gasteiger partial charge in [0.2, 0.25) is 5.91 Å². The molecule has 2 aliphatic rings. The second-order valence-corrected chi connectivity index (χ2v) is 6.60. The van der Waals surface area contributed by atoms with Gasteiger partial charge in [0.1, 0.15) is 6.04 Å². The third-order valence-corrected chi connectivity index (χ3v) is 5.29. The number of para-hydroxylation sites is 1. The Balaban J connectivity index is 1.43. The molecule has 1 atom stereocenters. The Morgan fingerprint density at radius 3 is 2.77 bits per heavy atom. The first-order valence-electron chi connectivity index (χ1n) is 7.60. The highest BCUT2D eigenvalue weighted by atomic mass is 32.1. The SMILES string of the molecule is O=C(C1C=CCN1)N1CCN(c2nc3ccccc3s2)CC1. The van der Waals surface area contributed by atoms with Crippen molar-refractivity contribution < 1.29 is 4.79 Å². The predicted molar refractivity (Wildman–Crippen MR) is 89.3 cm³/mol. The molecule has 1 aromatic carbocycles. The van der Waals surface area contributed by atoms with Gasteiger partial charge in [0.05, 0.1) is 10.2 Å². The minimum atomic E-state index is -0.131. The van der Waals surface area contributed by atoms with Crippen LogP contribution in [0.3, 0.4) is 0 Å². The molecule has 1 N–H and O–H groups in total. The van der Waals surface area contributed by atoms with Gasteiger partial charge in [0.25, 0.3) is 0 Å². The fraction of sp³-hybridized carbons (Fsp3) is 0.375. The van der Waals surface area contributed by atoms with E-state index in [1.165, 1.54) is 4.70 Å². The van der Waals surface area contributed by atoms with Crippen molar-refractivity contribution in [3.8, 4) is 0 Å². The maximum absolute atomic E-state index is 12.4. The molecule has 1 unspecified atom stereocenters. The summed E-state index contributed by atoms with van der Waals surface area (Å²) in [4.78, 5) is 21.3. The number of hydrogen-bond donors (Lipinski definition) is 1. The minimum Gasteiger partial charge on any atom is -0.345 e. The first kappa shape index (κ1) is 13.7. The average molecular weight is 314 g/mol. The molecule has 114 valence electrons. The second-order valence-electron chi connectivity index (χ2n) is 5.59. The van der Waals surface area contributed by atoms with E-state index in [0.717, 1.165) is 43.4 Å². The number of hydrogen-bond acceptors (Lipinski definition) is 5. The quantitative estimate of drug-likeness (QED) is 0.853. The molecule has 0 aliphatic carbocycles. The maximum Gasteiger partial charge on any atom is 0.243 e. The Hall–Kier alpha value is -1.92. The van der Waals surface area contributed by atoms with E-state index in [1.807, 2.05) is 35.3 Å². The van der Waals surface area contributed by atoms with Crippen LogP contribution in [-0.4, -0.2) is 54.6 Å². The fourth-order valence-electron chi connectivity index (χ4n) is 2.95. The molecule has 5 nitrogen and oxygen atoms in total. The Labute approximate surface area is 133 Å². The summed E-state index contributed by atoms with van der Waals surface area (Å²) in [6.07, 6.45) is 3.97. The van der Waals surface area contributed by atoms with E-state index in [2.05, 4.69) is 16.3 Å². The molecule has 22 heavy (non-hydrogen) atoms. The molecule has 6 heteroatoms. The summed E-state index contributed by atoms with van der Waals surface area (Å²) in [6.45, 7) is 4.02. The molecular weight excluding hydrogens is 296 g/mol. The summed E-state index contributed by atoms with van der Waals surface area (Å²) >= 11 is 1.73. The van der Waals surface area contributed by atoms with E-state index in [0.29, 0.717) is 0 Å². The zero-order valence-corrected chi connectivity index (χ0v) is 13.1. The van der Waals surface area contributed by atoms with Crippen molar-refractivity contribution in [3.63, 3.8) is 0 Å². The lowest BCUT2D eigenvalue weighted by atomic mass is 10.2. The Bertz CT molecular complexity index is 685. The number of benzene rings is 1. The number of nitrogens with one attached hydrogen (secondary N) is 1. The maximum atomic E-state index is 12.4. The molecule has 2 aliphatic heterocycles. The number of fused-ring (bicyclic) bond motifs is 1. The van der Waals surface area contributed by atoms with Crippen molar-refractivity contribution in [1.82, 2.24) is 15.2 Å². The highest BCUT2D eigenvalue weighted by Crippen LogP contribution is 2.29. The lowest BCUT2D eigenvalue weighted by molar-refractivity contribution is -0.132. The van der Waals surface area contributed by atoms with Crippen LogP contribution in [0.25, 0.3) is 10.2 Å². The molecule has 1 aromatic heterocycles. The van der Waals surface area contributed by atoms with Crippen LogP contribution in [0.15, 0.2) is 36.4 Å². The zero-order valence-electron chi connectivity index (χ0n) is 12.2. The summed E-state index contributed by atoms with van der Waals surface area (Å²) in [6, 6.07) is 8.09. The number of thiazole rings is 1. The van der Waals surface area contributed by atoms with E-state index in [4.69, 9.17) is 4.98 Å². The Morgan fingerprint density at radius 1 is 1.23 bits per heavy atom. The summed E-state index contributed by atoms with van der Waals surface area (Å²) in [7, 11) is 0. The van der Waals surface area contributed by atoms with Gasteiger partial charge in [-0.25, -0.2) is 4.98 Å². The van der Waals surface area contributed by atoms with Crippen LogP contribution in [0.2, 0.25) is 0 Å². The van der Waals surface area contributed by atoms with Crippen molar-refractivity contribution in [1.29, 1.82) is 0 Å². The lowest BCUT2D eigenvalue weighted by Crippen LogP contribution is -2.53. The summed E-state index contributed by atoms with van der Waals surface area (Å²) < 4.78 is 1.22. The van der Waals surface area contributed by atoms with Gasteiger partial charge in [-0.3, -0.25) is 10.1 Å². The number of rotatable bonds is 2. The Kier molecular flexibility index (Phi) is 3.56. The van der Waals surface area contributed by atoms with E-state index >= 15 is 0 Å². The van der Waals surface area contributed by atoms with Gasteiger partial charge in [0, 0.05) is 32.7 Å². The number of amides is 1. The molecule has 1 amide bonds. The largest absolute Gasteiger partial charge is 0.345 e. The van der Waals surface area contributed by atoms with Crippen LogP contribution in [0.5, 0.6) is 0 Å². The van der Waals surface area contributed by atoms with Crippen molar-refractivity contribution in [2.45, 2.75) is 6.04 Å². The highest BCUT2D eigenvalue weighted by molar-refractivity contribution is 7.22. The van der Waals surface area contributed by atoms with Crippen LogP contribution >= 0.6 is 11.3 Å². The van der Waals surface area contributed by atoms with E-state index in [9.17, 15) is 4.79 Å². The van der Waals surface area contributed by atoms with Crippen molar-refractivity contribution in [2.75, 3.05) is 37.6 Å². The molecule has 0 radical (unpaired) electrons. The van der Waals surface area contributed by atoms with Crippen LogP contribution in [-0.2, 0) is 4.79 Å². The van der Waals surface area contributed by atoms with Gasteiger partial charge in [-0.05, 0) is 12.1 Å². The number of anilines is 1. The third kappa shape index (κ3) is 2.48. The highest BCUT2D eigenvalue weighted by Gasteiger charge is 2.27. The summed E-state index contributed by atoms with van der Waals surface area (Å²) in [5, 5.41) is 4.25. The fourth-order valence-corrected chi connectivity index (χ4v) is 3.96. The Morgan fingerprint density at radius 2 is 2.05 bits per heavy atom. The first-order chi connectivity index (χ1) is 10.8. The topological polar surface area (TPSA) is 48.5 Å². The van der Waals surface area contributed by atoms with Crippen molar-refractivity contribution >= 4 is 32.6 Å². The van der Waals surface area contributed by atoms with Crippen LogP contribution in [0.4, 0.5) is 5.13 Å².